The van der Waals surface area contributed by atoms with Crippen molar-refractivity contribution in [2.45, 2.75) is 19.9 Å². The highest BCUT2D eigenvalue weighted by Gasteiger charge is 2.10. The number of carbonyl (C=O) groups excluding carboxylic acids is 2. The van der Waals surface area contributed by atoms with Gasteiger partial charge >= 0.3 is 0 Å². The first-order valence-electron chi connectivity index (χ1n) is 7.93. The van der Waals surface area contributed by atoms with Gasteiger partial charge in [0.05, 0.1) is 27.3 Å². The van der Waals surface area contributed by atoms with E-state index in [1.165, 1.54) is 0 Å². The number of rotatable bonds is 10. The lowest BCUT2D eigenvalue weighted by Crippen LogP contribution is -2.41. The number of methoxy groups -OCH3 is 2. The molecule has 0 radical (unpaired) electrons. The van der Waals surface area contributed by atoms with E-state index in [4.69, 9.17) is 9.47 Å². The minimum Gasteiger partial charge on any atom is -0.493 e. The molecule has 0 unspecified atom stereocenters. The van der Waals surface area contributed by atoms with Crippen LogP contribution in [0.15, 0.2) is 18.2 Å². The van der Waals surface area contributed by atoms with Crippen LogP contribution in [0.5, 0.6) is 11.5 Å². The van der Waals surface area contributed by atoms with Gasteiger partial charge in [0.15, 0.2) is 11.5 Å². The molecule has 0 atom stereocenters. The molecule has 0 saturated carbocycles. The van der Waals surface area contributed by atoms with Gasteiger partial charge in [0.25, 0.3) is 0 Å². The summed E-state index contributed by atoms with van der Waals surface area (Å²) in [6, 6.07) is 5.64. The molecule has 0 aliphatic heterocycles. The first-order chi connectivity index (χ1) is 11.5. The molecule has 1 aromatic rings. The Morgan fingerprint density at radius 3 is 2.42 bits per heavy atom. The molecule has 7 nitrogen and oxygen atoms in total. The Morgan fingerprint density at radius 2 is 1.79 bits per heavy atom. The minimum absolute atomic E-state index is 0.00301. The highest BCUT2D eigenvalue weighted by molar-refractivity contribution is 5.85. The number of benzene rings is 1. The SMILES string of the molecule is CCCNC(=O)CNC(=O)CN(C)Cc1ccc(OC)c(OC)c1. The Morgan fingerprint density at radius 1 is 1.08 bits per heavy atom. The summed E-state index contributed by atoms with van der Waals surface area (Å²) in [5, 5.41) is 5.32. The lowest BCUT2D eigenvalue weighted by Gasteiger charge is -2.17. The molecular weight excluding hydrogens is 310 g/mol. The van der Waals surface area contributed by atoms with Crippen LogP contribution >= 0.6 is 0 Å². The Bertz CT molecular complexity index is 549. The minimum atomic E-state index is -0.190. The van der Waals surface area contributed by atoms with Gasteiger partial charge in [-0.2, -0.15) is 0 Å². The van der Waals surface area contributed by atoms with E-state index in [0.29, 0.717) is 24.6 Å². The van der Waals surface area contributed by atoms with Gasteiger partial charge in [-0.15, -0.1) is 0 Å². The summed E-state index contributed by atoms with van der Waals surface area (Å²) < 4.78 is 10.5. The Hall–Kier alpha value is -2.28. The van der Waals surface area contributed by atoms with E-state index < -0.39 is 0 Å². The molecule has 24 heavy (non-hydrogen) atoms. The second-order valence-electron chi connectivity index (χ2n) is 5.49. The monoisotopic (exact) mass is 337 g/mol. The lowest BCUT2D eigenvalue weighted by atomic mass is 10.2. The standard InChI is InChI=1S/C17H27N3O4/c1-5-8-18-16(21)10-19-17(22)12-20(2)11-13-6-7-14(23-3)15(9-13)24-4/h6-7,9H,5,8,10-12H2,1-4H3,(H,18,21)(H,19,22). The molecule has 7 heteroatoms. The zero-order valence-electron chi connectivity index (χ0n) is 14.8. The fourth-order valence-corrected chi connectivity index (χ4v) is 2.15. The highest BCUT2D eigenvalue weighted by atomic mass is 16.5. The number of hydrogen-bond acceptors (Lipinski definition) is 5. The Balaban J connectivity index is 2.44. The van der Waals surface area contributed by atoms with Crippen LogP contribution in [-0.2, 0) is 16.1 Å². The number of nitrogens with one attached hydrogen (secondary N) is 2. The zero-order valence-corrected chi connectivity index (χ0v) is 14.8. The van der Waals surface area contributed by atoms with Crippen molar-refractivity contribution < 1.29 is 19.1 Å². The van der Waals surface area contributed by atoms with Gasteiger partial charge in [-0.1, -0.05) is 13.0 Å². The average molecular weight is 337 g/mol. The van der Waals surface area contributed by atoms with Crippen LogP contribution in [0.4, 0.5) is 0 Å². The summed E-state index contributed by atoms with van der Waals surface area (Å²) in [7, 11) is 5.01. The molecule has 0 bridgehead atoms. The van der Waals surface area contributed by atoms with E-state index in [1.807, 2.05) is 37.1 Å². The number of nitrogens with zero attached hydrogens (tertiary/aromatic N) is 1. The molecule has 0 fully saturated rings. The largest absolute Gasteiger partial charge is 0.493 e. The van der Waals surface area contributed by atoms with Crippen molar-refractivity contribution in [3.05, 3.63) is 23.8 Å². The fourth-order valence-electron chi connectivity index (χ4n) is 2.15. The highest BCUT2D eigenvalue weighted by Crippen LogP contribution is 2.27. The number of amides is 2. The summed E-state index contributed by atoms with van der Waals surface area (Å²) in [6.45, 7) is 3.38. The fraction of sp³-hybridized carbons (Fsp3) is 0.529. The molecule has 1 aromatic carbocycles. The summed E-state index contributed by atoms with van der Waals surface area (Å²) in [4.78, 5) is 25.2. The molecule has 0 spiro atoms. The number of ether oxygens (including phenoxy) is 2. The topological polar surface area (TPSA) is 79.9 Å². The predicted molar refractivity (Wildman–Crippen MR) is 92.2 cm³/mol. The van der Waals surface area contributed by atoms with Gasteiger partial charge < -0.3 is 20.1 Å². The molecule has 0 aliphatic carbocycles. The third-order valence-electron chi connectivity index (χ3n) is 3.33. The van der Waals surface area contributed by atoms with Gasteiger partial charge in [0, 0.05) is 13.1 Å². The van der Waals surface area contributed by atoms with Crippen LogP contribution in [0.2, 0.25) is 0 Å². The summed E-state index contributed by atoms with van der Waals surface area (Å²) in [6.07, 6.45) is 0.869. The molecule has 134 valence electrons. The predicted octanol–water partition coefficient (Wildman–Crippen LogP) is 0.778. The first-order valence-corrected chi connectivity index (χ1v) is 7.93. The van der Waals surface area contributed by atoms with E-state index in [-0.39, 0.29) is 24.9 Å². The van der Waals surface area contributed by atoms with Gasteiger partial charge in [0.1, 0.15) is 0 Å². The third kappa shape index (κ3) is 6.87. The molecular formula is C17H27N3O4. The van der Waals surface area contributed by atoms with Crippen LogP contribution in [0.1, 0.15) is 18.9 Å². The number of hydrogen-bond donors (Lipinski definition) is 2. The van der Waals surface area contributed by atoms with Crippen molar-refractivity contribution >= 4 is 11.8 Å². The van der Waals surface area contributed by atoms with Crippen molar-refractivity contribution in [2.24, 2.45) is 0 Å². The number of carbonyl (C=O) groups is 2. The summed E-state index contributed by atoms with van der Waals surface area (Å²) in [5.41, 5.74) is 1.00. The smallest absolute Gasteiger partial charge is 0.239 e. The van der Waals surface area contributed by atoms with E-state index in [2.05, 4.69) is 10.6 Å². The van der Waals surface area contributed by atoms with E-state index in [0.717, 1.165) is 12.0 Å². The van der Waals surface area contributed by atoms with Gasteiger partial charge in [0.2, 0.25) is 11.8 Å². The van der Waals surface area contributed by atoms with Crippen molar-refractivity contribution in [1.82, 2.24) is 15.5 Å². The molecule has 2 amide bonds. The van der Waals surface area contributed by atoms with Crippen molar-refractivity contribution in [3.8, 4) is 11.5 Å². The molecule has 0 saturated heterocycles. The molecule has 0 aromatic heterocycles. The van der Waals surface area contributed by atoms with Gasteiger partial charge in [-0.05, 0) is 31.2 Å². The van der Waals surface area contributed by atoms with Gasteiger partial charge in [-0.25, -0.2) is 0 Å². The third-order valence-corrected chi connectivity index (χ3v) is 3.33. The van der Waals surface area contributed by atoms with E-state index in [1.54, 1.807) is 14.2 Å². The number of likely N-dealkylation sites (N-methyl/N-ethyl adjacent to an activating group) is 1. The van der Waals surface area contributed by atoms with Crippen LogP contribution in [0.25, 0.3) is 0 Å². The van der Waals surface area contributed by atoms with E-state index in [9.17, 15) is 9.59 Å². The molecule has 2 N–H and O–H groups in total. The average Bonchev–Trinajstić information content (AvgIpc) is 2.57. The maximum absolute atomic E-state index is 11.9. The summed E-state index contributed by atoms with van der Waals surface area (Å²) in [5.74, 6) is 0.956. The quantitative estimate of drug-likeness (QED) is 0.659. The first kappa shape index (κ1) is 19.8. The molecule has 0 heterocycles. The van der Waals surface area contributed by atoms with Gasteiger partial charge in [-0.3, -0.25) is 14.5 Å². The second kappa shape index (κ2) is 10.5. The van der Waals surface area contributed by atoms with Crippen molar-refractivity contribution in [3.63, 3.8) is 0 Å². The Labute approximate surface area is 143 Å². The normalized spacial score (nSPS) is 10.4. The molecule has 1 rings (SSSR count). The second-order valence-corrected chi connectivity index (χ2v) is 5.49. The Kier molecular flexibility index (Phi) is 8.64. The van der Waals surface area contributed by atoms with Crippen LogP contribution < -0.4 is 20.1 Å². The van der Waals surface area contributed by atoms with Crippen molar-refractivity contribution in [2.75, 3.05) is 40.9 Å². The zero-order chi connectivity index (χ0) is 17.9. The lowest BCUT2D eigenvalue weighted by molar-refractivity contribution is -0.126. The maximum Gasteiger partial charge on any atom is 0.239 e. The van der Waals surface area contributed by atoms with Crippen LogP contribution in [-0.4, -0.2) is 57.6 Å². The van der Waals surface area contributed by atoms with Crippen LogP contribution in [0, 0.1) is 0 Å². The maximum atomic E-state index is 11.9. The summed E-state index contributed by atoms with van der Waals surface area (Å²) >= 11 is 0. The van der Waals surface area contributed by atoms with Crippen molar-refractivity contribution in [1.29, 1.82) is 0 Å². The molecule has 0 aliphatic rings. The van der Waals surface area contributed by atoms with Crippen LogP contribution in [0.3, 0.4) is 0 Å². The van der Waals surface area contributed by atoms with E-state index >= 15 is 0 Å².